The van der Waals surface area contributed by atoms with Crippen molar-refractivity contribution in [1.29, 1.82) is 0 Å². The van der Waals surface area contributed by atoms with Crippen LogP contribution in [0, 0.1) is 0 Å². The molecule has 1 saturated carbocycles. The molecule has 3 unspecified atom stereocenters. The molecular weight excluding hydrogens is 524 g/mol. The Kier molecular flexibility index (Phi) is 14.0. The number of phenolic OH excluding ortho intramolecular Hbond substituents is 1. The molecule has 1 fully saturated rings. The number of methoxy groups -OCH3 is 1. The highest BCUT2D eigenvalue weighted by Crippen LogP contribution is 2.33. The summed E-state index contributed by atoms with van der Waals surface area (Å²) in [4.78, 5) is 0. The van der Waals surface area contributed by atoms with Crippen molar-refractivity contribution in [3.05, 3.63) is 83.4 Å². The van der Waals surface area contributed by atoms with E-state index in [-0.39, 0.29) is 12.0 Å². The monoisotopic (exact) mass is 576 g/mol. The second kappa shape index (κ2) is 17.7. The van der Waals surface area contributed by atoms with E-state index in [1.807, 2.05) is 31.2 Å². The lowest BCUT2D eigenvalue weighted by atomic mass is 9.84. The van der Waals surface area contributed by atoms with Gasteiger partial charge in [0.15, 0.2) is 17.8 Å². The fraction of sp³-hybridized carbons (Fsp3) is 0.514. The molecule has 5 heteroatoms. The maximum Gasteiger partial charge on any atom is 0.197 e. The second-order valence-corrected chi connectivity index (χ2v) is 11.4. The summed E-state index contributed by atoms with van der Waals surface area (Å²) in [5, 5.41) is 9.36. The van der Waals surface area contributed by atoms with E-state index in [1.165, 1.54) is 48.8 Å². The molecular formula is C37H52O5. The highest BCUT2D eigenvalue weighted by atomic mass is 16.7. The van der Waals surface area contributed by atoms with Crippen LogP contribution in [0.25, 0.3) is 0 Å². The summed E-state index contributed by atoms with van der Waals surface area (Å²) in [7, 11) is 1.56. The van der Waals surface area contributed by atoms with E-state index in [4.69, 9.17) is 18.9 Å². The van der Waals surface area contributed by atoms with Gasteiger partial charge in [-0.1, -0.05) is 77.3 Å². The smallest absolute Gasteiger partial charge is 0.197 e. The molecule has 0 heterocycles. The van der Waals surface area contributed by atoms with Gasteiger partial charge < -0.3 is 24.1 Å². The summed E-state index contributed by atoms with van der Waals surface area (Å²) in [6, 6.07) is 22.4. The summed E-state index contributed by atoms with van der Waals surface area (Å²) in [5.41, 5.74) is 4.00. The lowest BCUT2D eigenvalue weighted by Gasteiger charge is -2.22. The van der Waals surface area contributed by atoms with Gasteiger partial charge in [0.25, 0.3) is 0 Å². The average molecular weight is 577 g/mol. The molecule has 5 nitrogen and oxygen atoms in total. The van der Waals surface area contributed by atoms with Crippen LogP contribution in [0.3, 0.4) is 0 Å². The Bertz CT molecular complexity index is 1150. The van der Waals surface area contributed by atoms with Gasteiger partial charge in [-0.3, -0.25) is 0 Å². The number of aromatic hydroxyl groups is 1. The van der Waals surface area contributed by atoms with Crippen molar-refractivity contribution in [1.82, 2.24) is 0 Å². The maximum atomic E-state index is 9.36. The second-order valence-electron chi connectivity index (χ2n) is 11.4. The normalized spacial score (nSPS) is 15.6. The van der Waals surface area contributed by atoms with Gasteiger partial charge in [-0.25, -0.2) is 0 Å². The first-order valence-corrected chi connectivity index (χ1v) is 15.8. The van der Waals surface area contributed by atoms with E-state index in [2.05, 4.69) is 64.1 Å². The number of hydrogen-bond donors (Lipinski definition) is 1. The molecule has 4 rings (SSSR count). The summed E-state index contributed by atoms with van der Waals surface area (Å²) < 4.78 is 22.4. The molecule has 3 aromatic carbocycles. The summed E-state index contributed by atoms with van der Waals surface area (Å²) in [6.07, 6.45) is 8.70. The fourth-order valence-corrected chi connectivity index (χ4v) is 5.22. The minimum absolute atomic E-state index is 0.203. The lowest BCUT2D eigenvalue weighted by molar-refractivity contribution is -0.0739. The van der Waals surface area contributed by atoms with Gasteiger partial charge in [-0.05, 0) is 103 Å². The molecule has 3 aromatic rings. The van der Waals surface area contributed by atoms with E-state index < -0.39 is 0 Å². The third-order valence-corrected chi connectivity index (χ3v) is 8.41. The van der Waals surface area contributed by atoms with E-state index >= 15 is 0 Å². The SMILES string of the molecule is CCC(C)c1ccc(O)c(OC)c1.CCC(C)c1ccc(OC(C)OCCOc2ccc(C3CCCCC3)cc2)cc1. The topological polar surface area (TPSA) is 57.2 Å². The first-order valence-electron chi connectivity index (χ1n) is 15.8. The molecule has 0 bridgehead atoms. The van der Waals surface area contributed by atoms with Crippen LogP contribution in [0.15, 0.2) is 66.7 Å². The molecule has 42 heavy (non-hydrogen) atoms. The maximum absolute atomic E-state index is 9.36. The van der Waals surface area contributed by atoms with E-state index in [0.717, 1.165) is 30.3 Å². The summed E-state index contributed by atoms with van der Waals surface area (Å²) in [5.74, 6) is 4.32. The number of hydrogen-bond acceptors (Lipinski definition) is 5. The summed E-state index contributed by atoms with van der Waals surface area (Å²) >= 11 is 0. The molecule has 0 aromatic heterocycles. The van der Waals surface area contributed by atoms with Crippen LogP contribution in [-0.2, 0) is 4.74 Å². The van der Waals surface area contributed by atoms with E-state index in [9.17, 15) is 5.11 Å². The Labute approximate surface area is 254 Å². The lowest BCUT2D eigenvalue weighted by Crippen LogP contribution is -2.19. The molecule has 1 aliphatic rings. The van der Waals surface area contributed by atoms with Crippen LogP contribution >= 0.6 is 0 Å². The van der Waals surface area contributed by atoms with Crippen molar-refractivity contribution in [3.8, 4) is 23.0 Å². The molecule has 1 aliphatic carbocycles. The minimum Gasteiger partial charge on any atom is -0.504 e. The Morgan fingerprint density at radius 3 is 1.95 bits per heavy atom. The molecule has 0 saturated heterocycles. The van der Waals surface area contributed by atoms with Crippen molar-refractivity contribution in [3.63, 3.8) is 0 Å². The van der Waals surface area contributed by atoms with E-state index in [0.29, 0.717) is 30.8 Å². The zero-order valence-corrected chi connectivity index (χ0v) is 26.6. The Morgan fingerprint density at radius 2 is 1.33 bits per heavy atom. The molecule has 0 radical (unpaired) electrons. The Balaban J connectivity index is 0.000000312. The quantitative estimate of drug-likeness (QED) is 0.162. The molecule has 0 amide bonds. The number of benzene rings is 3. The van der Waals surface area contributed by atoms with Gasteiger partial charge in [-0.15, -0.1) is 0 Å². The van der Waals surface area contributed by atoms with E-state index in [1.54, 1.807) is 13.2 Å². The van der Waals surface area contributed by atoms with Crippen LogP contribution < -0.4 is 14.2 Å². The highest BCUT2D eigenvalue weighted by Gasteiger charge is 2.15. The average Bonchev–Trinajstić information content (AvgIpc) is 3.04. The van der Waals surface area contributed by atoms with Gasteiger partial charge in [0.1, 0.15) is 18.1 Å². The van der Waals surface area contributed by atoms with Gasteiger partial charge in [0.05, 0.1) is 13.7 Å². The fourth-order valence-electron chi connectivity index (χ4n) is 5.22. The van der Waals surface area contributed by atoms with Crippen molar-refractivity contribution in [2.24, 2.45) is 0 Å². The molecule has 3 atom stereocenters. The van der Waals surface area contributed by atoms with Gasteiger partial charge in [0.2, 0.25) is 0 Å². The van der Waals surface area contributed by atoms with Crippen molar-refractivity contribution in [2.45, 2.75) is 104 Å². The molecule has 1 N–H and O–H groups in total. The van der Waals surface area contributed by atoms with Crippen molar-refractivity contribution >= 4 is 0 Å². The predicted molar refractivity (Wildman–Crippen MR) is 172 cm³/mol. The molecule has 230 valence electrons. The van der Waals surface area contributed by atoms with Crippen molar-refractivity contribution < 1.29 is 24.1 Å². The number of phenols is 1. The van der Waals surface area contributed by atoms with Gasteiger partial charge >= 0.3 is 0 Å². The third kappa shape index (κ3) is 10.6. The zero-order valence-electron chi connectivity index (χ0n) is 26.6. The van der Waals surface area contributed by atoms with Gasteiger partial charge in [0, 0.05) is 0 Å². The first-order chi connectivity index (χ1) is 20.3. The minimum atomic E-state index is -0.304. The van der Waals surface area contributed by atoms with Crippen LogP contribution in [0.5, 0.6) is 23.0 Å². The summed E-state index contributed by atoms with van der Waals surface area (Å²) in [6.45, 7) is 11.7. The molecule has 0 spiro atoms. The number of rotatable bonds is 13. The Hall–Kier alpha value is -3.18. The predicted octanol–water partition coefficient (Wildman–Crippen LogP) is 9.98. The van der Waals surface area contributed by atoms with Crippen molar-refractivity contribution in [2.75, 3.05) is 20.3 Å². The Morgan fingerprint density at radius 1 is 0.738 bits per heavy atom. The van der Waals surface area contributed by atoms with Crippen LogP contribution in [0.1, 0.15) is 114 Å². The van der Waals surface area contributed by atoms with Crippen LogP contribution in [0.2, 0.25) is 0 Å². The van der Waals surface area contributed by atoms with Crippen LogP contribution in [0.4, 0.5) is 0 Å². The highest BCUT2D eigenvalue weighted by molar-refractivity contribution is 5.42. The molecule has 0 aliphatic heterocycles. The largest absolute Gasteiger partial charge is 0.504 e. The van der Waals surface area contributed by atoms with Crippen LogP contribution in [-0.4, -0.2) is 31.7 Å². The number of ether oxygens (including phenoxy) is 4. The third-order valence-electron chi connectivity index (χ3n) is 8.41. The van der Waals surface area contributed by atoms with Gasteiger partial charge in [-0.2, -0.15) is 0 Å². The zero-order chi connectivity index (χ0) is 30.3. The first kappa shape index (κ1) is 33.3. The standard InChI is InChI=1S/C26H36O3.C11H16O2/c1-4-20(2)22-10-16-26(17-11-22)29-21(3)27-18-19-28-25-14-12-24(13-15-25)23-8-6-5-7-9-23;1-4-8(2)9-5-6-10(12)11(7-9)13-3/h10-17,20-21,23H,4-9,18-19H2,1-3H3;5-8,12H,4H2,1-3H3.